The molecule has 1 heterocycles. The molecule has 0 saturated heterocycles. The van der Waals surface area contributed by atoms with Gasteiger partial charge in [-0.15, -0.1) is 11.3 Å². The van der Waals surface area contributed by atoms with Gasteiger partial charge in [0.05, 0.1) is 10.2 Å². The summed E-state index contributed by atoms with van der Waals surface area (Å²) in [6.07, 6.45) is 2.56. The van der Waals surface area contributed by atoms with E-state index in [0.29, 0.717) is 22.9 Å². The Kier molecular flexibility index (Phi) is 4.33. The van der Waals surface area contributed by atoms with Crippen molar-refractivity contribution in [3.8, 4) is 5.75 Å². The monoisotopic (exact) mass is 356 g/mol. The van der Waals surface area contributed by atoms with Gasteiger partial charge >= 0.3 is 0 Å². The normalized spacial score (nSPS) is 14.5. The van der Waals surface area contributed by atoms with Crippen LogP contribution in [0.4, 0.5) is 4.39 Å². The van der Waals surface area contributed by atoms with Crippen LogP contribution < -0.4 is 10.1 Å². The first-order valence-corrected chi connectivity index (χ1v) is 8.12. The number of nitrogens with one attached hydrogen (secondary N) is 1. The van der Waals surface area contributed by atoms with E-state index in [1.807, 2.05) is 5.38 Å². The SMILES string of the molecule is Fc1ccc(OCc2csc(CNC3CC3)n2)cc1Br. The fourth-order valence-electron chi connectivity index (χ4n) is 1.74. The molecule has 1 aromatic heterocycles. The Balaban J connectivity index is 1.53. The van der Waals surface area contributed by atoms with E-state index in [0.717, 1.165) is 17.2 Å². The van der Waals surface area contributed by atoms with E-state index >= 15 is 0 Å². The van der Waals surface area contributed by atoms with Crippen LogP contribution in [0.5, 0.6) is 5.75 Å². The number of halogens is 2. The fraction of sp³-hybridized carbons (Fsp3) is 0.357. The zero-order valence-corrected chi connectivity index (χ0v) is 13.1. The molecule has 0 amide bonds. The molecule has 0 radical (unpaired) electrons. The van der Waals surface area contributed by atoms with Crippen LogP contribution in [0.1, 0.15) is 23.5 Å². The van der Waals surface area contributed by atoms with E-state index in [1.54, 1.807) is 23.5 Å². The van der Waals surface area contributed by atoms with Crippen molar-refractivity contribution in [1.82, 2.24) is 10.3 Å². The molecule has 0 unspecified atom stereocenters. The van der Waals surface area contributed by atoms with Crippen LogP contribution in [0.15, 0.2) is 28.1 Å². The molecule has 1 saturated carbocycles. The van der Waals surface area contributed by atoms with Gasteiger partial charge in [0.25, 0.3) is 0 Å². The molecule has 1 aromatic carbocycles. The molecule has 0 atom stereocenters. The van der Waals surface area contributed by atoms with Crippen molar-refractivity contribution in [2.24, 2.45) is 0 Å². The van der Waals surface area contributed by atoms with E-state index in [2.05, 4.69) is 26.2 Å². The zero-order chi connectivity index (χ0) is 13.9. The van der Waals surface area contributed by atoms with Crippen molar-refractivity contribution in [2.45, 2.75) is 32.0 Å². The van der Waals surface area contributed by atoms with Crippen LogP contribution in [0.25, 0.3) is 0 Å². The van der Waals surface area contributed by atoms with E-state index < -0.39 is 0 Å². The molecule has 3 rings (SSSR count). The second-order valence-corrected chi connectivity index (χ2v) is 6.55. The summed E-state index contributed by atoms with van der Waals surface area (Å²) in [6.45, 7) is 1.23. The average Bonchev–Trinajstić information content (AvgIpc) is 3.16. The summed E-state index contributed by atoms with van der Waals surface area (Å²) >= 11 is 4.78. The van der Waals surface area contributed by atoms with Crippen LogP contribution in [0.2, 0.25) is 0 Å². The predicted octanol–water partition coefficient (Wildman–Crippen LogP) is 3.88. The lowest BCUT2D eigenvalue weighted by Crippen LogP contribution is -2.15. The van der Waals surface area contributed by atoms with Gasteiger partial charge in [0.15, 0.2) is 0 Å². The molecule has 3 nitrogen and oxygen atoms in total. The second kappa shape index (κ2) is 6.20. The van der Waals surface area contributed by atoms with Crippen molar-refractivity contribution < 1.29 is 9.13 Å². The number of ether oxygens (including phenoxy) is 1. The number of hydrogen-bond donors (Lipinski definition) is 1. The third-order valence-corrected chi connectivity index (χ3v) is 4.50. The Hall–Kier alpha value is -0.980. The summed E-state index contributed by atoms with van der Waals surface area (Å²) in [4.78, 5) is 4.51. The van der Waals surface area contributed by atoms with Gasteiger partial charge in [-0.1, -0.05) is 0 Å². The predicted molar refractivity (Wildman–Crippen MR) is 80.4 cm³/mol. The van der Waals surface area contributed by atoms with Crippen LogP contribution in [-0.2, 0) is 13.2 Å². The largest absolute Gasteiger partial charge is 0.487 e. The fourth-order valence-corrected chi connectivity index (χ4v) is 2.83. The van der Waals surface area contributed by atoms with Crippen molar-refractivity contribution in [3.63, 3.8) is 0 Å². The lowest BCUT2D eigenvalue weighted by molar-refractivity contribution is 0.301. The van der Waals surface area contributed by atoms with E-state index in [9.17, 15) is 4.39 Å². The summed E-state index contributed by atoms with van der Waals surface area (Å²) < 4.78 is 19.1. The standard InChI is InChI=1S/C14H14BrFN2OS/c15-12-5-11(3-4-13(12)16)19-7-10-8-20-14(18-10)6-17-9-1-2-9/h3-5,8-9,17H,1-2,6-7H2. The van der Waals surface area contributed by atoms with Crippen LogP contribution in [-0.4, -0.2) is 11.0 Å². The quantitative estimate of drug-likeness (QED) is 0.852. The third-order valence-electron chi connectivity index (χ3n) is 3.00. The highest BCUT2D eigenvalue weighted by atomic mass is 79.9. The molecule has 6 heteroatoms. The molecule has 0 spiro atoms. The molecular formula is C14H14BrFN2OS. The van der Waals surface area contributed by atoms with Gasteiger partial charge in [-0.05, 0) is 47.0 Å². The van der Waals surface area contributed by atoms with Crippen molar-refractivity contribution >= 4 is 27.3 Å². The Labute approximate surface area is 129 Å². The molecule has 106 valence electrons. The first kappa shape index (κ1) is 14.0. The summed E-state index contributed by atoms with van der Waals surface area (Å²) in [5.74, 6) is 0.336. The summed E-state index contributed by atoms with van der Waals surface area (Å²) in [5.41, 5.74) is 0.906. The molecule has 1 N–H and O–H groups in total. The molecule has 1 aliphatic rings. The van der Waals surface area contributed by atoms with E-state index in [-0.39, 0.29) is 5.82 Å². The van der Waals surface area contributed by atoms with Crippen molar-refractivity contribution in [1.29, 1.82) is 0 Å². The van der Waals surface area contributed by atoms with Gasteiger partial charge in [-0.2, -0.15) is 0 Å². The van der Waals surface area contributed by atoms with Gasteiger partial charge in [0.2, 0.25) is 0 Å². The molecule has 1 aliphatic carbocycles. The van der Waals surface area contributed by atoms with Gasteiger partial charge in [0, 0.05) is 18.0 Å². The lowest BCUT2D eigenvalue weighted by Gasteiger charge is -2.05. The first-order chi connectivity index (χ1) is 9.70. The number of thiazole rings is 1. The summed E-state index contributed by atoms with van der Waals surface area (Å²) in [5, 5.41) is 6.51. The van der Waals surface area contributed by atoms with E-state index in [4.69, 9.17) is 4.74 Å². The Bertz CT molecular complexity index is 601. The van der Waals surface area contributed by atoms with Crippen LogP contribution in [0.3, 0.4) is 0 Å². The van der Waals surface area contributed by atoms with Gasteiger partial charge in [-0.25, -0.2) is 9.37 Å². The Morgan fingerprint density at radius 3 is 3.05 bits per heavy atom. The highest BCUT2D eigenvalue weighted by Gasteiger charge is 2.20. The molecular weight excluding hydrogens is 343 g/mol. The zero-order valence-electron chi connectivity index (χ0n) is 10.7. The lowest BCUT2D eigenvalue weighted by atomic mass is 10.3. The number of rotatable bonds is 6. The second-order valence-electron chi connectivity index (χ2n) is 4.75. The minimum Gasteiger partial charge on any atom is -0.487 e. The smallest absolute Gasteiger partial charge is 0.137 e. The van der Waals surface area contributed by atoms with E-state index in [1.165, 1.54) is 18.9 Å². The van der Waals surface area contributed by atoms with Gasteiger partial charge < -0.3 is 10.1 Å². The van der Waals surface area contributed by atoms with Gasteiger partial charge in [-0.3, -0.25) is 0 Å². The molecule has 1 fully saturated rings. The highest BCUT2D eigenvalue weighted by molar-refractivity contribution is 9.10. The number of hydrogen-bond acceptors (Lipinski definition) is 4. The number of benzene rings is 1. The number of aromatic nitrogens is 1. The van der Waals surface area contributed by atoms with Crippen molar-refractivity contribution in [2.75, 3.05) is 0 Å². The van der Waals surface area contributed by atoms with Crippen LogP contribution in [0, 0.1) is 5.82 Å². The third kappa shape index (κ3) is 3.77. The molecule has 20 heavy (non-hydrogen) atoms. The number of nitrogens with zero attached hydrogens (tertiary/aromatic N) is 1. The molecule has 2 aromatic rings. The molecule has 0 aliphatic heterocycles. The summed E-state index contributed by atoms with van der Waals surface area (Å²) in [6, 6.07) is 5.31. The minimum absolute atomic E-state index is 0.292. The highest BCUT2D eigenvalue weighted by Crippen LogP contribution is 2.23. The maximum absolute atomic E-state index is 13.1. The topological polar surface area (TPSA) is 34.1 Å². The Morgan fingerprint density at radius 1 is 1.45 bits per heavy atom. The first-order valence-electron chi connectivity index (χ1n) is 6.45. The van der Waals surface area contributed by atoms with Crippen LogP contribution >= 0.6 is 27.3 Å². The average molecular weight is 357 g/mol. The maximum atomic E-state index is 13.1. The maximum Gasteiger partial charge on any atom is 0.137 e. The molecule has 0 bridgehead atoms. The minimum atomic E-state index is -0.292. The van der Waals surface area contributed by atoms with Crippen molar-refractivity contribution in [3.05, 3.63) is 44.6 Å². The summed E-state index contributed by atoms with van der Waals surface area (Å²) in [7, 11) is 0. The Morgan fingerprint density at radius 2 is 2.30 bits per heavy atom. The van der Waals surface area contributed by atoms with Gasteiger partial charge in [0.1, 0.15) is 23.2 Å².